The fraction of sp³-hybridized carbons (Fsp3) is 0.545. The molecule has 0 fully saturated rings. The highest BCUT2D eigenvalue weighted by molar-refractivity contribution is 6.29. The van der Waals surface area contributed by atoms with Gasteiger partial charge in [-0.2, -0.15) is 0 Å². The summed E-state index contributed by atoms with van der Waals surface area (Å²) in [5, 5.41) is 12.9. The lowest BCUT2D eigenvalue weighted by Gasteiger charge is -2.19. The van der Waals surface area contributed by atoms with Crippen molar-refractivity contribution in [3.8, 4) is 0 Å². The third-order valence-corrected chi connectivity index (χ3v) is 2.58. The molecule has 0 spiro atoms. The summed E-state index contributed by atoms with van der Waals surface area (Å²) >= 11 is 5.68. The minimum atomic E-state index is 0.126. The second kappa shape index (κ2) is 6.05. The van der Waals surface area contributed by atoms with Gasteiger partial charge >= 0.3 is 0 Å². The van der Waals surface area contributed by atoms with Gasteiger partial charge in [0.1, 0.15) is 5.15 Å². The van der Waals surface area contributed by atoms with Gasteiger partial charge in [-0.25, -0.2) is 4.98 Å². The lowest BCUT2D eigenvalue weighted by Crippen LogP contribution is -2.36. The summed E-state index contributed by atoms with van der Waals surface area (Å²) in [6, 6.07) is 3.82. The van der Waals surface area contributed by atoms with E-state index in [2.05, 4.69) is 24.1 Å². The van der Waals surface area contributed by atoms with Gasteiger partial charge < -0.3 is 10.4 Å². The zero-order valence-electron chi connectivity index (χ0n) is 9.07. The molecule has 0 aliphatic rings. The molecular formula is C11H17ClN2O. The van der Waals surface area contributed by atoms with Crippen LogP contribution in [0.1, 0.15) is 19.4 Å². The van der Waals surface area contributed by atoms with Crippen LogP contribution in [-0.4, -0.2) is 22.7 Å². The fourth-order valence-electron chi connectivity index (χ4n) is 1.27. The van der Waals surface area contributed by atoms with Crippen LogP contribution < -0.4 is 5.32 Å². The van der Waals surface area contributed by atoms with Gasteiger partial charge in [-0.15, -0.1) is 0 Å². The third kappa shape index (κ3) is 4.16. The minimum absolute atomic E-state index is 0.126. The molecule has 3 nitrogen and oxygen atoms in total. The Morgan fingerprint density at radius 2 is 2.20 bits per heavy atom. The van der Waals surface area contributed by atoms with Crippen LogP contribution in [0.2, 0.25) is 5.15 Å². The van der Waals surface area contributed by atoms with E-state index in [-0.39, 0.29) is 12.6 Å². The highest BCUT2D eigenvalue weighted by Crippen LogP contribution is 2.06. The lowest BCUT2D eigenvalue weighted by molar-refractivity contribution is 0.210. The van der Waals surface area contributed by atoms with Gasteiger partial charge in [-0.3, -0.25) is 0 Å². The average Bonchev–Trinajstić information content (AvgIpc) is 2.21. The summed E-state index contributed by atoms with van der Waals surface area (Å²) in [5.74, 6) is 0.412. The Hall–Kier alpha value is -0.640. The molecule has 15 heavy (non-hydrogen) atoms. The first kappa shape index (κ1) is 12.4. The lowest BCUT2D eigenvalue weighted by atomic mass is 10.1. The van der Waals surface area contributed by atoms with E-state index < -0.39 is 0 Å². The number of pyridine rings is 1. The van der Waals surface area contributed by atoms with Crippen molar-refractivity contribution in [1.29, 1.82) is 0 Å². The first-order chi connectivity index (χ1) is 7.13. The number of aliphatic hydroxyl groups is 1. The molecule has 1 aromatic heterocycles. The maximum absolute atomic E-state index is 9.12. The predicted molar refractivity (Wildman–Crippen MR) is 61.8 cm³/mol. The van der Waals surface area contributed by atoms with Crippen LogP contribution in [0.4, 0.5) is 0 Å². The van der Waals surface area contributed by atoms with Gasteiger partial charge in [0.2, 0.25) is 0 Å². The minimum Gasteiger partial charge on any atom is -0.395 e. The molecule has 0 bridgehead atoms. The van der Waals surface area contributed by atoms with Gasteiger partial charge in [-0.05, 0) is 17.5 Å². The Labute approximate surface area is 95.5 Å². The van der Waals surface area contributed by atoms with Crippen molar-refractivity contribution in [1.82, 2.24) is 10.3 Å². The molecule has 4 heteroatoms. The van der Waals surface area contributed by atoms with Crippen LogP contribution in [0.25, 0.3) is 0 Å². The molecule has 0 saturated carbocycles. The normalized spacial score (nSPS) is 13.1. The van der Waals surface area contributed by atoms with E-state index in [1.54, 1.807) is 12.3 Å². The number of aromatic nitrogens is 1. The number of halogens is 1. The average molecular weight is 229 g/mol. The van der Waals surface area contributed by atoms with E-state index >= 15 is 0 Å². The first-order valence-corrected chi connectivity index (χ1v) is 5.46. The van der Waals surface area contributed by atoms with Crippen LogP contribution in [-0.2, 0) is 6.54 Å². The van der Waals surface area contributed by atoms with Gasteiger partial charge in [0.15, 0.2) is 0 Å². The monoisotopic (exact) mass is 228 g/mol. The molecule has 1 rings (SSSR count). The van der Waals surface area contributed by atoms with Crippen molar-refractivity contribution in [2.45, 2.75) is 26.4 Å². The van der Waals surface area contributed by atoms with Crippen molar-refractivity contribution in [2.75, 3.05) is 6.61 Å². The number of hydrogen-bond donors (Lipinski definition) is 2. The first-order valence-electron chi connectivity index (χ1n) is 5.08. The van der Waals surface area contributed by atoms with E-state index in [4.69, 9.17) is 16.7 Å². The molecule has 0 saturated heterocycles. The third-order valence-electron chi connectivity index (χ3n) is 2.36. The smallest absolute Gasteiger partial charge is 0.129 e. The van der Waals surface area contributed by atoms with Crippen molar-refractivity contribution in [3.05, 3.63) is 29.0 Å². The van der Waals surface area contributed by atoms with Gasteiger partial charge in [0, 0.05) is 18.8 Å². The van der Waals surface area contributed by atoms with Crippen LogP contribution in [0.15, 0.2) is 18.3 Å². The molecule has 0 aliphatic carbocycles. The molecule has 1 atom stereocenters. The Kier molecular flexibility index (Phi) is 5.02. The fourth-order valence-corrected chi connectivity index (χ4v) is 1.38. The van der Waals surface area contributed by atoms with Gasteiger partial charge in [0.05, 0.1) is 6.61 Å². The van der Waals surface area contributed by atoms with E-state index in [1.165, 1.54) is 0 Å². The summed E-state index contributed by atoms with van der Waals surface area (Å²) in [4.78, 5) is 3.99. The summed E-state index contributed by atoms with van der Waals surface area (Å²) in [6.07, 6.45) is 1.74. The summed E-state index contributed by atoms with van der Waals surface area (Å²) in [6.45, 7) is 5.01. The van der Waals surface area contributed by atoms with Crippen molar-refractivity contribution in [2.24, 2.45) is 5.92 Å². The van der Waals surface area contributed by atoms with E-state index in [0.29, 0.717) is 17.6 Å². The topological polar surface area (TPSA) is 45.1 Å². The molecular weight excluding hydrogens is 212 g/mol. The second-order valence-corrected chi connectivity index (χ2v) is 4.29. The van der Waals surface area contributed by atoms with Crippen LogP contribution in [0.3, 0.4) is 0 Å². The van der Waals surface area contributed by atoms with E-state index in [0.717, 1.165) is 5.56 Å². The Balaban J connectivity index is 2.45. The highest BCUT2D eigenvalue weighted by atomic mass is 35.5. The Bertz CT molecular complexity index is 287. The molecule has 0 amide bonds. The molecule has 84 valence electrons. The SMILES string of the molecule is CC(C)[C@@H](CO)NCc1ccc(Cl)nc1. The number of nitrogens with one attached hydrogen (secondary N) is 1. The Morgan fingerprint density at radius 1 is 1.47 bits per heavy atom. The summed E-state index contributed by atoms with van der Waals surface area (Å²) in [7, 11) is 0. The van der Waals surface area contributed by atoms with Gasteiger partial charge in [0.25, 0.3) is 0 Å². The number of aliphatic hydroxyl groups excluding tert-OH is 1. The molecule has 0 radical (unpaired) electrons. The molecule has 2 N–H and O–H groups in total. The van der Waals surface area contributed by atoms with Crippen molar-refractivity contribution >= 4 is 11.6 Å². The van der Waals surface area contributed by atoms with Crippen LogP contribution in [0, 0.1) is 5.92 Å². The second-order valence-electron chi connectivity index (χ2n) is 3.90. The largest absolute Gasteiger partial charge is 0.395 e. The number of hydrogen-bond acceptors (Lipinski definition) is 3. The van der Waals surface area contributed by atoms with Crippen LogP contribution in [0.5, 0.6) is 0 Å². The molecule has 1 aromatic rings. The summed E-state index contributed by atoms with van der Waals surface area (Å²) in [5.41, 5.74) is 1.07. The number of rotatable bonds is 5. The zero-order chi connectivity index (χ0) is 11.3. The molecule has 1 heterocycles. The van der Waals surface area contributed by atoms with Crippen molar-refractivity contribution in [3.63, 3.8) is 0 Å². The molecule has 0 unspecified atom stereocenters. The zero-order valence-corrected chi connectivity index (χ0v) is 9.83. The van der Waals surface area contributed by atoms with Gasteiger partial charge in [-0.1, -0.05) is 31.5 Å². The van der Waals surface area contributed by atoms with Crippen LogP contribution >= 0.6 is 11.6 Å². The predicted octanol–water partition coefficient (Wildman–Crippen LogP) is 1.84. The van der Waals surface area contributed by atoms with E-state index in [1.807, 2.05) is 6.07 Å². The summed E-state index contributed by atoms with van der Waals surface area (Å²) < 4.78 is 0. The molecule has 0 aromatic carbocycles. The Morgan fingerprint density at radius 3 is 2.67 bits per heavy atom. The standard InChI is InChI=1S/C11H17ClN2O/c1-8(2)10(7-15)13-5-9-3-4-11(12)14-6-9/h3-4,6,8,10,13,15H,5,7H2,1-2H3/t10-/m1/s1. The quantitative estimate of drug-likeness (QED) is 0.756. The van der Waals surface area contributed by atoms with Crippen molar-refractivity contribution < 1.29 is 5.11 Å². The maximum atomic E-state index is 9.12. The van der Waals surface area contributed by atoms with E-state index in [9.17, 15) is 0 Å². The highest BCUT2D eigenvalue weighted by Gasteiger charge is 2.10. The maximum Gasteiger partial charge on any atom is 0.129 e. The molecule has 0 aliphatic heterocycles. The number of nitrogens with zero attached hydrogens (tertiary/aromatic N) is 1.